The molecule has 0 radical (unpaired) electrons. The minimum Gasteiger partial charge on any atom is -0.290 e. The van der Waals surface area contributed by atoms with Crippen LogP contribution in [0.2, 0.25) is 0 Å². The fourth-order valence-electron chi connectivity index (χ4n) is 1.34. The molecule has 0 aromatic carbocycles. The Labute approximate surface area is 69.9 Å². The molecule has 1 aliphatic carbocycles. The monoisotopic (exact) mass is 153 g/mol. The maximum Gasteiger partial charge on any atom is 0.0471 e. The van der Waals surface area contributed by atoms with Crippen LogP contribution in [0.4, 0.5) is 0 Å². The molecule has 1 fully saturated rings. The molecule has 64 valence electrons. The van der Waals surface area contributed by atoms with Crippen LogP contribution in [0.1, 0.15) is 47.0 Å². The van der Waals surface area contributed by atoms with E-state index in [1.54, 1.807) is 0 Å². The quantitative estimate of drug-likeness (QED) is 0.591. The Kier molecular flexibility index (Phi) is 2.36. The summed E-state index contributed by atoms with van der Waals surface area (Å²) in [6, 6.07) is 0.553. The molecule has 0 heterocycles. The van der Waals surface area contributed by atoms with Gasteiger partial charge in [0.2, 0.25) is 0 Å². The SMILES string of the molecule is CCCC(C)N=C1CC1(C)C. The summed E-state index contributed by atoms with van der Waals surface area (Å²) < 4.78 is 0. The van der Waals surface area contributed by atoms with Crippen LogP contribution < -0.4 is 0 Å². The van der Waals surface area contributed by atoms with Crippen molar-refractivity contribution in [3.05, 3.63) is 0 Å². The number of nitrogens with zero attached hydrogens (tertiary/aromatic N) is 1. The molecule has 11 heavy (non-hydrogen) atoms. The molecule has 1 heteroatoms. The second-order valence-electron chi connectivity index (χ2n) is 4.27. The van der Waals surface area contributed by atoms with Crippen molar-refractivity contribution in [1.82, 2.24) is 0 Å². The number of aliphatic imine (C=N–C) groups is 1. The fraction of sp³-hybridized carbons (Fsp3) is 0.900. The van der Waals surface area contributed by atoms with Gasteiger partial charge in [-0.1, -0.05) is 27.2 Å². The van der Waals surface area contributed by atoms with Crippen LogP contribution in [0.3, 0.4) is 0 Å². The molecular weight excluding hydrogens is 134 g/mol. The summed E-state index contributed by atoms with van der Waals surface area (Å²) in [4.78, 5) is 4.65. The zero-order valence-corrected chi connectivity index (χ0v) is 8.15. The van der Waals surface area contributed by atoms with Gasteiger partial charge in [-0.05, 0) is 19.8 Å². The summed E-state index contributed by atoms with van der Waals surface area (Å²) in [7, 11) is 0. The van der Waals surface area contributed by atoms with E-state index in [4.69, 9.17) is 0 Å². The summed E-state index contributed by atoms with van der Waals surface area (Å²) in [6.07, 6.45) is 3.71. The van der Waals surface area contributed by atoms with Crippen LogP contribution in [0.15, 0.2) is 4.99 Å². The molecule has 1 atom stereocenters. The fourth-order valence-corrected chi connectivity index (χ4v) is 1.34. The molecular formula is C10H19N. The first kappa shape index (κ1) is 8.76. The third-order valence-corrected chi connectivity index (χ3v) is 2.35. The van der Waals surface area contributed by atoms with Gasteiger partial charge in [-0.25, -0.2) is 0 Å². The lowest BCUT2D eigenvalue weighted by Gasteiger charge is -2.02. The van der Waals surface area contributed by atoms with Crippen molar-refractivity contribution in [3.63, 3.8) is 0 Å². The van der Waals surface area contributed by atoms with Gasteiger partial charge in [0.15, 0.2) is 0 Å². The maximum atomic E-state index is 4.65. The van der Waals surface area contributed by atoms with Crippen molar-refractivity contribution < 1.29 is 0 Å². The zero-order chi connectivity index (χ0) is 8.48. The van der Waals surface area contributed by atoms with Crippen molar-refractivity contribution in [3.8, 4) is 0 Å². The lowest BCUT2D eigenvalue weighted by atomic mass is 10.2. The van der Waals surface area contributed by atoms with E-state index < -0.39 is 0 Å². The Morgan fingerprint density at radius 1 is 1.55 bits per heavy atom. The average Bonchev–Trinajstić information content (AvgIpc) is 2.39. The lowest BCUT2D eigenvalue weighted by Crippen LogP contribution is -1.99. The minimum atomic E-state index is 0.446. The van der Waals surface area contributed by atoms with E-state index in [2.05, 4.69) is 32.7 Å². The largest absolute Gasteiger partial charge is 0.290 e. The van der Waals surface area contributed by atoms with Crippen molar-refractivity contribution >= 4 is 5.71 Å². The third kappa shape index (κ3) is 2.32. The van der Waals surface area contributed by atoms with Crippen LogP contribution in [-0.2, 0) is 0 Å². The number of rotatable bonds is 3. The lowest BCUT2D eigenvalue weighted by molar-refractivity contribution is 0.649. The van der Waals surface area contributed by atoms with Gasteiger partial charge < -0.3 is 0 Å². The standard InChI is InChI=1S/C10H19N/c1-5-6-8(2)11-9-7-10(9,3)4/h8H,5-7H2,1-4H3. The van der Waals surface area contributed by atoms with E-state index in [0.29, 0.717) is 11.5 Å². The third-order valence-electron chi connectivity index (χ3n) is 2.35. The van der Waals surface area contributed by atoms with Gasteiger partial charge in [-0.3, -0.25) is 4.99 Å². The van der Waals surface area contributed by atoms with E-state index in [1.807, 2.05) is 0 Å². The van der Waals surface area contributed by atoms with E-state index in [9.17, 15) is 0 Å². The van der Waals surface area contributed by atoms with Gasteiger partial charge >= 0.3 is 0 Å². The summed E-state index contributed by atoms with van der Waals surface area (Å²) in [5.74, 6) is 0. The van der Waals surface area contributed by atoms with Gasteiger partial charge in [-0.15, -0.1) is 0 Å². The first-order valence-electron chi connectivity index (χ1n) is 4.63. The van der Waals surface area contributed by atoms with Crippen LogP contribution in [0.5, 0.6) is 0 Å². The second kappa shape index (κ2) is 2.96. The topological polar surface area (TPSA) is 12.4 Å². The second-order valence-corrected chi connectivity index (χ2v) is 4.27. The van der Waals surface area contributed by atoms with Gasteiger partial charge in [0.25, 0.3) is 0 Å². The van der Waals surface area contributed by atoms with Crippen LogP contribution >= 0.6 is 0 Å². The normalized spacial score (nSPS) is 27.1. The summed E-state index contributed by atoms with van der Waals surface area (Å²) in [6.45, 7) is 8.97. The Hall–Kier alpha value is -0.330. The number of hydrogen-bond acceptors (Lipinski definition) is 1. The van der Waals surface area contributed by atoms with Gasteiger partial charge in [0, 0.05) is 17.2 Å². The van der Waals surface area contributed by atoms with Crippen molar-refractivity contribution in [2.24, 2.45) is 10.4 Å². The van der Waals surface area contributed by atoms with E-state index >= 15 is 0 Å². The van der Waals surface area contributed by atoms with Gasteiger partial charge in [0.1, 0.15) is 0 Å². The Bertz CT molecular complexity index is 168. The molecule has 0 N–H and O–H groups in total. The first-order chi connectivity index (χ1) is 5.06. The van der Waals surface area contributed by atoms with E-state index in [1.165, 1.54) is 25.0 Å². The van der Waals surface area contributed by atoms with Crippen LogP contribution in [-0.4, -0.2) is 11.8 Å². The summed E-state index contributed by atoms with van der Waals surface area (Å²) in [5, 5.41) is 0. The molecule has 1 nitrogen and oxygen atoms in total. The minimum absolute atomic E-state index is 0.446. The number of hydrogen-bond donors (Lipinski definition) is 0. The Morgan fingerprint density at radius 2 is 2.09 bits per heavy atom. The summed E-state index contributed by atoms with van der Waals surface area (Å²) in [5.41, 5.74) is 1.88. The molecule has 1 rings (SSSR count). The molecule has 0 bridgehead atoms. The van der Waals surface area contributed by atoms with Gasteiger partial charge in [0.05, 0.1) is 0 Å². The van der Waals surface area contributed by atoms with E-state index in [-0.39, 0.29) is 0 Å². The van der Waals surface area contributed by atoms with Crippen LogP contribution in [0, 0.1) is 5.41 Å². The molecule has 1 aliphatic rings. The highest BCUT2D eigenvalue weighted by molar-refractivity contribution is 6.04. The molecule has 0 aromatic rings. The maximum absolute atomic E-state index is 4.65. The first-order valence-corrected chi connectivity index (χ1v) is 4.63. The molecule has 1 saturated carbocycles. The molecule has 0 aliphatic heterocycles. The average molecular weight is 153 g/mol. The van der Waals surface area contributed by atoms with E-state index in [0.717, 1.165) is 0 Å². The predicted octanol–water partition coefficient (Wildman–Crippen LogP) is 3.05. The molecule has 0 spiro atoms. The predicted molar refractivity (Wildman–Crippen MR) is 50.2 cm³/mol. The molecule has 0 aromatic heterocycles. The van der Waals surface area contributed by atoms with Crippen molar-refractivity contribution in [1.29, 1.82) is 0 Å². The highest BCUT2D eigenvalue weighted by Gasteiger charge is 2.41. The molecule has 0 amide bonds. The highest BCUT2D eigenvalue weighted by Crippen LogP contribution is 2.41. The van der Waals surface area contributed by atoms with Crippen molar-refractivity contribution in [2.75, 3.05) is 0 Å². The Morgan fingerprint density at radius 3 is 2.45 bits per heavy atom. The molecule has 0 saturated heterocycles. The smallest absolute Gasteiger partial charge is 0.0471 e. The van der Waals surface area contributed by atoms with Gasteiger partial charge in [-0.2, -0.15) is 0 Å². The van der Waals surface area contributed by atoms with Crippen molar-refractivity contribution in [2.45, 2.75) is 53.0 Å². The molecule has 1 unspecified atom stereocenters. The Balaban J connectivity index is 2.36. The summed E-state index contributed by atoms with van der Waals surface area (Å²) >= 11 is 0. The van der Waals surface area contributed by atoms with Crippen LogP contribution in [0.25, 0.3) is 0 Å². The zero-order valence-electron chi connectivity index (χ0n) is 8.15. The highest BCUT2D eigenvalue weighted by atomic mass is 14.8.